The molecule has 5 heteroatoms. The van der Waals surface area contributed by atoms with Gasteiger partial charge in [-0.15, -0.1) is 0 Å². The van der Waals surface area contributed by atoms with Crippen molar-refractivity contribution in [3.8, 4) is 0 Å². The lowest BCUT2D eigenvalue weighted by Gasteiger charge is -2.37. The summed E-state index contributed by atoms with van der Waals surface area (Å²) in [7, 11) is 1.83. The van der Waals surface area contributed by atoms with Crippen LogP contribution in [-0.2, 0) is 11.2 Å². The van der Waals surface area contributed by atoms with Crippen LogP contribution in [0, 0.1) is 12.8 Å². The van der Waals surface area contributed by atoms with Crippen LogP contribution in [0.2, 0.25) is 0 Å². The number of hydrogen-bond donors (Lipinski definition) is 2. The van der Waals surface area contributed by atoms with Crippen LogP contribution in [0.15, 0.2) is 29.3 Å². The van der Waals surface area contributed by atoms with E-state index in [0.717, 1.165) is 51.8 Å². The molecule has 0 bridgehead atoms. The summed E-state index contributed by atoms with van der Waals surface area (Å²) in [5.74, 6) is 1.47. The molecule has 25 heavy (non-hydrogen) atoms. The monoisotopic (exact) mass is 346 g/mol. The molecule has 1 unspecified atom stereocenters. The summed E-state index contributed by atoms with van der Waals surface area (Å²) in [5.41, 5.74) is 2.65. The molecule has 1 aromatic carbocycles. The zero-order valence-electron chi connectivity index (χ0n) is 16.2. The molecule has 0 spiro atoms. The summed E-state index contributed by atoms with van der Waals surface area (Å²) in [5, 5.41) is 6.93. The number of aliphatic imine (C=N–C) groups is 1. The fourth-order valence-corrected chi connectivity index (χ4v) is 3.20. The third-order valence-corrected chi connectivity index (χ3v) is 4.81. The lowest BCUT2D eigenvalue weighted by Crippen LogP contribution is -2.52. The minimum atomic E-state index is 0.500. The van der Waals surface area contributed by atoms with Crippen molar-refractivity contribution in [3.63, 3.8) is 0 Å². The van der Waals surface area contributed by atoms with Gasteiger partial charge in [-0.25, -0.2) is 0 Å². The Balaban J connectivity index is 1.76. The topological polar surface area (TPSA) is 48.9 Å². The predicted molar refractivity (Wildman–Crippen MR) is 105 cm³/mol. The summed E-state index contributed by atoms with van der Waals surface area (Å²) in [4.78, 5) is 6.89. The number of morpholine rings is 1. The molecule has 140 valence electrons. The summed E-state index contributed by atoms with van der Waals surface area (Å²) < 4.78 is 5.48. The molecule has 0 saturated carbocycles. The molecule has 0 aromatic heterocycles. The zero-order valence-corrected chi connectivity index (χ0v) is 16.2. The van der Waals surface area contributed by atoms with Crippen LogP contribution in [-0.4, -0.2) is 63.3 Å². The van der Waals surface area contributed by atoms with Gasteiger partial charge in [0.1, 0.15) is 0 Å². The standard InChI is InChI=1S/C20H34N4O/c1-16(2)19(24-11-13-25-14-12-24)15-23-20(21-4)22-10-9-18-7-5-17(3)6-8-18/h5-8,16,19H,9-15H2,1-4H3,(H2,21,22,23). The highest BCUT2D eigenvalue weighted by atomic mass is 16.5. The summed E-state index contributed by atoms with van der Waals surface area (Å²) >= 11 is 0. The van der Waals surface area contributed by atoms with E-state index in [2.05, 4.69) is 65.6 Å². The Morgan fingerprint density at radius 3 is 2.44 bits per heavy atom. The quantitative estimate of drug-likeness (QED) is 0.586. The average Bonchev–Trinajstić information content (AvgIpc) is 2.62. The molecule has 1 atom stereocenters. The second kappa shape index (κ2) is 10.4. The summed E-state index contributed by atoms with van der Waals surface area (Å²) in [6.07, 6.45) is 0.998. The number of guanidine groups is 1. The normalized spacial score (nSPS) is 17.6. The first-order chi connectivity index (χ1) is 12.1. The molecule has 0 amide bonds. The Kier molecular flexibility index (Phi) is 8.22. The van der Waals surface area contributed by atoms with Crippen molar-refractivity contribution in [2.45, 2.75) is 33.2 Å². The van der Waals surface area contributed by atoms with Gasteiger partial charge in [0, 0.05) is 39.3 Å². The second-order valence-corrected chi connectivity index (χ2v) is 7.08. The Bertz CT molecular complexity index is 521. The molecule has 1 heterocycles. The number of hydrogen-bond acceptors (Lipinski definition) is 3. The molecule has 5 nitrogen and oxygen atoms in total. The second-order valence-electron chi connectivity index (χ2n) is 7.08. The Morgan fingerprint density at radius 2 is 1.84 bits per heavy atom. The van der Waals surface area contributed by atoms with Crippen molar-refractivity contribution in [2.75, 3.05) is 46.4 Å². The van der Waals surface area contributed by atoms with Gasteiger partial charge in [-0.05, 0) is 24.8 Å². The maximum atomic E-state index is 5.48. The fraction of sp³-hybridized carbons (Fsp3) is 0.650. The van der Waals surface area contributed by atoms with Gasteiger partial charge in [0.05, 0.1) is 13.2 Å². The van der Waals surface area contributed by atoms with Crippen LogP contribution < -0.4 is 10.6 Å². The summed E-state index contributed by atoms with van der Waals surface area (Å²) in [6, 6.07) is 9.22. The van der Waals surface area contributed by atoms with Gasteiger partial charge in [0.15, 0.2) is 5.96 Å². The molecular formula is C20H34N4O. The van der Waals surface area contributed by atoms with Gasteiger partial charge in [-0.3, -0.25) is 9.89 Å². The number of benzene rings is 1. The van der Waals surface area contributed by atoms with E-state index in [1.54, 1.807) is 0 Å². The average molecular weight is 347 g/mol. The molecule has 2 rings (SSSR count). The highest BCUT2D eigenvalue weighted by molar-refractivity contribution is 5.79. The van der Waals surface area contributed by atoms with Crippen LogP contribution in [0.5, 0.6) is 0 Å². The number of rotatable bonds is 7. The van der Waals surface area contributed by atoms with E-state index in [1.807, 2.05) is 7.05 Å². The summed E-state index contributed by atoms with van der Waals surface area (Å²) in [6.45, 7) is 12.2. The van der Waals surface area contributed by atoms with Gasteiger partial charge in [0.25, 0.3) is 0 Å². The molecule has 1 aromatic rings. The molecule has 1 fully saturated rings. The van der Waals surface area contributed by atoms with E-state index < -0.39 is 0 Å². The lowest BCUT2D eigenvalue weighted by molar-refractivity contribution is 0.00752. The molecule has 2 N–H and O–H groups in total. The van der Waals surface area contributed by atoms with Gasteiger partial charge >= 0.3 is 0 Å². The Hall–Kier alpha value is -1.59. The van der Waals surface area contributed by atoms with Crippen molar-refractivity contribution in [2.24, 2.45) is 10.9 Å². The number of ether oxygens (including phenoxy) is 1. The minimum absolute atomic E-state index is 0.500. The lowest BCUT2D eigenvalue weighted by atomic mass is 10.0. The van der Waals surface area contributed by atoms with E-state index in [4.69, 9.17) is 4.74 Å². The first-order valence-corrected chi connectivity index (χ1v) is 9.42. The fourth-order valence-electron chi connectivity index (χ4n) is 3.20. The van der Waals surface area contributed by atoms with Gasteiger partial charge in [0.2, 0.25) is 0 Å². The smallest absolute Gasteiger partial charge is 0.191 e. The van der Waals surface area contributed by atoms with E-state index in [1.165, 1.54) is 11.1 Å². The van der Waals surface area contributed by atoms with Crippen LogP contribution in [0.4, 0.5) is 0 Å². The number of aryl methyl sites for hydroxylation is 1. The van der Waals surface area contributed by atoms with Crippen molar-refractivity contribution in [1.29, 1.82) is 0 Å². The molecule has 1 saturated heterocycles. The largest absolute Gasteiger partial charge is 0.379 e. The maximum Gasteiger partial charge on any atom is 0.191 e. The highest BCUT2D eigenvalue weighted by Crippen LogP contribution is 2.12. The van der Waals surface area contributed by atoms with E-state index in [0.29, 0.717) is 12.0 Å². The van der Waals surface area contributed by atoms with E-state index >= 15 is 0 Å². The van der Waals surface area contributed by atoms with E-state index in [-0.39, 0.29) is 0 Å². The van der Waals surface area contributed by atoms with Crippen molar-refractivity contribution < 1.29 is 4.74 Å². The molecular weight excluding hydrogens is 312 g/mol. The van der Waals surface area contributed by atoms with Crippen LogP contribution in [0.25, 0.3) is 0 Å². The zero-order chi connectivity index (χ0) is 18.1. The van der Waals surface area contributed by atoms with Crippen molar-refractivity contribution >= 4 is 5.96 Å². The van der Waals surface area contributed by atoms with E-state index in [9.17, 15) is 0 Å². The molecule has 1 aliphatic rings. The van der Waals surface area contributed by atoms with Gasteiger partial charge in [-0.2, -0.15) is 0 Å². The van der Waals surface area contributed by atoms with Gasteiger partial charge < -0.3 is 15.4 Å². The van der Waals surface area contributed by atoms with Crippen LogP contribution >= 0.6 is 0 Å². The SMILES string of the molecule is CN=C(NCCc1ccc(C)cc1)NCC(C(C)C)N1CCOCC1. The molecule has 0 radical (unpaired) electrons. The number of nitrogens with one attached hydrogen (secondary N) is 2. The maximum absolute atomic E-state index is 5.48. The molecule has 1 aliphatic heterocycles. The van der Waals surface area contributed by atoms with Crippen LogP contribution in [0.3, 0.4) is 0 Å². The predicted octanol–water partition coefficient (Wildman–Crippen LogP) is 2.06. The highest BCUT2D eigenvalue weighted by Gasteiger charge is 2.23. The minimum Gasteiger partial charge on any atom is -0.379 e. The van der Waals surface area contributed by atoms with Crippen LogP contribution in [0.1, 0.15) is 25.0 Å². The third kappa shape index (κ3) is 6.67. The molecule has 0 aliphatic carbocycles. The first-order valence-electron chi connectivity index (χ1n) is 9.42. The van der Waals surface area contributed by atoms with Crippen molar-refractivity contribution in [1.82, 2.24) is 15.5 Å². The third-order valence-electron chi connectivity index (χ3n) is 4.81. The van der Waals surface area contributed by atoms with Crippen molar-refractivity contribution in [3.05, 3.63) is 35.4 Å². The Labute approximate surface area is 152 Å². The first kappa shape index (κ1) is 19.7. The number of nitrogens with zero attached hydrogens (tertiary/aromatic N) is 2. The Morgan fingerprint density at radius 1 is 1.16 bits per heavy atom. The van der Waals surface area contributed by atoms with Gasteiger partial charge in [-0.1, -0.05) is 43.7 Å².